The molecular formula is C26H19N3O2. The first-order chi connectivity index (χ1) is 15.2. The van der Waals surface area contributed by atoms with E-state index in [1.165, 1.54) is 0 Å². The number of fused-ring (bicyclic) bond motifs is 1. The molecule has 5 nitrogen and oxygen atoms in total. The molecule has 0 radical (unpaired) electrons. The van der Waals surface area contributed by atoms with E-state index in [4.69, 9.17) is 9.84 Å². The van der Waals surface area contributed by atoms with E-state index in [-0.39, 0.29) is 5.97 Å². The van der Waals surface area contributed by atoms with Crippen LogP contribution in [0.3, 0.4) is 0 Å². The largest absolute Gasteiger partial charge is 0.423 e. The molecule has 0 bridgehead atoms. The van der Waals surface area contributed by atoms with E-state index in [0.29, 0.717) is 11.3 Å². The lowest BCUT2D eigenvalue weighted by Gasteiger charge is -2.08. The lowest BCUT2D eigenvalue weighted by Crippen LogP contribution is -2.08. The van der Waals surface area contributed by atoms with Crippen molar-refractivity contribution >= 4 is 11.6 Å². The number of ether oxygens (including phenoxy) is 1. The van der Waals surface area contributed by atoms with Crippen molar-refractivity contribution in [3.63, 3.8) is 0 Å². The third-order valence-corrected chi connectivity index (χ3v) is 5.13. The van der Waals surface area contributed by atoms with E-state index in [2.05, 4.69) is 17.1 Å². The molecule has 0 atom stereocenters. The van der Waals surface area contributed by atoms with E-state index in [1.807, 2.05) is 66.0 Å². The highest BCUT2D eigenvalue weighted by Crippen LogP contribution is 2.30. The Labute approximate surface area is 179 Å². The number of rotatable bonds is 4. The van der Waals surface area contributed by atoms with Crippen LogP contribution in [0.2, 0.25) is 0 Å². The molecule has 2 aromatic heterocycles. The van der Waals surface area contributed by atoms with Crippen LogP contribution in [0.25, 0.3) is 28.0 Å². The van der Waals surface area contributed by atoms with Crippen LogP contribution >= 0.6 is 0 Å². The minimum atomic E-state index is -0.380. The van der Waals surface area contributed by atoms with Gasteiger partial charge in [0.2, 0.25) is 0 Å². The van der Waals surface area contributed by atoms with Crippen LogP contribution in [0.4, 0.5) is 0 Å². The van der Waals surface area contributed by atoms with Gasteiger partial charge < -0.3 is 4.74 Å². The number of hydrogen-bond donors (Lipinski definition) is 0. The van der Waals surface area contributed by atoms with E-state index in [0.717, 1.165) is 33.7 Å². The van der Waals surface area contributed by atoms with Gasteiger partial charge in [0.1, 0.15) is 5.75 Å². The zero-order valence-corrected chi connectivity index (χ0v) is 16.9. The highest BCUT2D eigenvalue weighted by atomic mass is 16.5. The van der Waals surface area contributed by atoms with E-state index in [9.17, 15) is 4.79 Å². The summed E-state index contributed by atoms with van der Waals surface area (Å²) in [5.41, 5.74) is 6.21. The molecule has 0 saturated heterocycles. The number of carbonyl (C=O) groups is 1. The van der Waals surface area contributed by atoms with Gasteiger partial charge in [-0.1, -0.05) is 48.5 Å². The van der Waals surface area contributed by atoms with Gasteiger partial charge in [-0.15, -0.1) is 0 Å². The van der Waals surface area contributed by atoms with Crippen LogP contribution in [0.15, 0.2) is 97.2 Å². The fourth-order valence-electron chi connectivity index (χ4n) is 3.65. The first-order valence-electron chi connectivity index (χ1n) is 9.98. The summed E-state index contributed by atoms with van der Waals surface area (Å²) in [5, 5.41) is 4.75. The van der Waals surface area contributed by atoms with Crippen LogP contribution < -0.4 is 4.74 Å². The minimum absolute atomic E-state index is 0.380. The summed E-state index contributed by atoms with van der Waals surface area (Å²) in [7, 11) is 0. The zero-order chi connectivity index (χ0) is 21.2. The molecule has 31 heavy (non-hydrogen) atoms. The Morgan fingerprint density at radius 3 is 2.19 bits per heavy atom. The number of carbonyl (C=O) groups excluding carboxylic acids is 1. The normalized spacial score (nSPS) is 10.9. The van der Waals surface area contributed by atoms with E-state index < -0.39 is 0 Å². The Bertz CT molecular complexity index is 1360. The maximum absolute atomic E-state index is 12.3. The maximum Gasteiger partial charge on any atom is 0.343 e. The Balaban J connectivity index is 1.48. The van der Waals surface area contributed by atoms with Gasteiger partial charge in [-0.25, -0.2) is 14.3 Å². The topological polar surface area (TPSA) is 56.5 Å². The van der Waals surface area contributed by atoms with Gasteiger partial charge in [0.05, 0.1) is 17.0 Å². The van der Waals surface area contributed by atoms with Gasteiger partial charge in [0.15, 0.2) is 5.65 Å². The molecule has 0 unspecified atom stereocenters. The van der Waals surface area contributed by atoms with Crippen molar-refractivity contribution in [1.82, 2.24) is 14.6 Å². The van der Waals surface area contributed by atoms with Gasteiger partial charge in [0, 0.05) is 17.3 Å². The van der Waals surface area contributed by atoms with Crippen LogP contribution in [-0.4, -0.2) is 20.6 Å². The van der Waals surface area contributed by atoms with Crippen molar-refractivity contribution < 1.29 is 9.53 Å². The van der Waals surface area contributed by atoms with Crippen LogP contribution in [0.1, 0.15) is 16.1 Å². The summed E-state index contributed by atoms with van der Waals surface area (Å²) < 4.78 is 7.35. The predicted molar refractivity (Wildman–Crippen MR) is 120 cm³/mol. The van der Waals surface area contributed by atoms with Crippen LogP contribution in [-0.2, 0) is 0 Å². The lowest BCUT2D eigenvalue weighted by molar-refractivity contribution is 0.0735. The van der Waals surface area contributed by atoms with Crippen LogP contribution in [0, 0.1) is 6.92 Å². The third-order valence-electron chi connectivity index (χ3n) is 5.13. The van der Waals surface area contributed by atoms with Gasteiger partial charge in [-0.3, -0.25) is 0 Å². The first-order valence-corrected chi connectivity index (χ1v) is 9.98. The molecule has 0 amide bonds. The second-order valence-electron chi connectivity index (χ2n) is 7.17. The second-order valence-corrected chi connectivity index (χ2v) is 7.17. The summed E-state index contributed by atoms with van der Waals surface area (Å²) in [4.78, 5) is 16.9. The first kappa shape index (κ1) is 18.8. The van der Waals surface area contributed by atoms with E-state index in [1.54, 1.807) is 30.5 Å². The molecule has 3 aromatic carbocycles. The molecule has 5 heteroatoms. The number of aromatic nitrogens is 3. The highest BCUT2D eigenvalue weighted by Gasteiger charge is 2.16. The Hall–Kier alpha value is -4.25. The quantitative estimate of drug-likeness (QED) is 0.289. The lowest BCUT2D eigenvalue weighted by atomic mass is 10.1. The van der Waals surface area contributed by atoms with Gasteiger partial charge in [0.25, 0.3) is 0 Å². The molecule has 0 saturated carbocycles. The molecule has 0 N–H and O–H groups in total. The molecule has 0 spiro atoms. The van der Waals surface area contributed by atoms with Gasteiger partial charge in [-0.05, 0) is 55.0 Å². The van der Waals surface area contributed by atoms with Crippen LogP contribution in [0.5, 0.6) is 5.75 Å². The molecule has 0 aliphatic heterocycles. The summed E-state index contributed by atoms with van der Waals surface area (Å²) in [6.45, 7) is 1.99. The van der Waals surface area contributed by atoms with Crippen molar-refractivity contribution in [2.24, 2.45) is 0 Å². The molecule has 0 aliphatic carbocycles. The van der Waals surface area contributed by atoms with Gasteiger partial charge in [-0.2, -0.15) is 5.10 Å². The zero-order valence-electron chi connectivity index (χ0n) is 16.9. The summed E-state index contributed by atoms with van der Waals surface area (Å²) in [6.07, 6.45) is 1.79. The van der Waals surface area contributed by atoms with Crippen molar-refractivity contribution in [2.75, 3.05) is 0 Å². The number of aryl methyl sites for hydroxylation is 1. The average Bonchev–Trinajstić information content (AvgIpc) is 3.16. The summed E-state index contributed by atoms with van der Waals surface area (Å²) in [5.74, 6) is 0.111. The second kappa shape index (κ2) is 7.88. The number of hydrogen-bond acceptors (Lipinski definition) is 4. The minimum Gasteiger partial charge on any atom is -0.423 e. The summed E-state index contributed by atoms with van der Waals surface area (Å²) in [6, 6.07) is 28.4. The number of esters is 1. The molecule has 5 aromatic rings. The Morgan fingerprint density at radius 2 is 1.48 bits per heavy atom. The van der Waals surface area contributed by atoms with Crippen molar-refractivity contribution in [1.29, 1.82) is 0 Å². The highest BCUT2D eigenvalue weighted by molar-refractivity contribution is 5.91. The molecule has 5 rings (SSSR count). The van der Waals surface area contributed by atoms with Crippen molar-refractivity contribution in [3.05, 3.63) is 108 Å². The molecule has 0 aliphatic rings. The van der Waals surface area contributed by atoms with Gasteiger partial charge >= 0.3 is 5.97 Å². The third kappa shape index (κ3) is 3.57. The molecule has 150 valence electrons. The van der Waals surface area contributed by atoms with E-state index >= 15 is 0 Å². The molecule has 0 fully saturated rings. The SMILES string of the molecule is Cc1nn2c(-c3ccc(OC(=O)c4ccccc4)cc3)ccnc2c1-c1ccccc1. The standard InChI is InChI=1S/C26H19N3O2/c1-18-24(20-8-4-2-5-9-20)25-27-17-16-23(29(25)28-18)19-12-14-22(15-13-19)31-26(30)21-10-6-3-7-11-21/h2-17H,1H3. The fraction of sp³-hybridized carbons (Fsp3) is 0.0385. The van der Waals surface area contributed by atoms with Crippen molar-refractivity contribution in [3.8, 4) is 28.1 Å². The average molecular weight is 405 g/mol. The van der Waals surface area contributed by atoms with Crippen molar-refractivity contribution in [2.45, 2.75) is 6.92 Å². The molecular weight excluding hydrogens is 386 g/mol. The summed E-state index contributed by atoms with van der Waals surface area (Å²) >= 11 is 0. The predicted octanol–water partition coefficient (Wildman–Crippen LogP) is 5.59. The Kier molecular flexibility index (Phi) is 4.77. The smallest absolute Gasteiger partial charge is 0.343 e. The fourth-order valence-corrected chi connectivity index (χ4v) is 3.65. The molecule has 2 heterocycles. The number of benzene rings is 3. The Morgan fingerprint density at radius 1 is 0.806 bits per heavy atom. The number of nitrogens with zero attached hydrogens (tertiary/aromatic N) is 3. The maximum atomic E-state index is 12.3. The monoisotopic (exact) mass is 405 g/mol.